The first-order chi connectivity index (χ1) is 8.56. The Bertz CT molecular complexity index is 456. The summed E-state index contributed by atoms with van der Waals surface area (Å²) in [6.45, 7) is 0.846. The normalized spacial score (nSPS) is 19.7. The lowest BCUT2D eigenvalue weighted by Gasteiger charge is -2.30. The fraction of sp³-hybridized carbons (Fsp3) is 0.417. The number of benzene rings is 1. The van der Waals surface area contributed by atoms with Gasteiger partial charge in [-0.2, -0.15) is 0 Å². The van der Waals surface area contributed by atoms with Crippen LogP contribution in [0.3, 0.4) is 0 Å². The van der Waals surface area contributed by atoms with Crippen LogP contribution in [-0.4, -0.2) is 35.2 Å². The summed E-state index contributed by atoms with van der Waals surface area (Å²) in [6, 6.07) is 3.65. The number of urea groups is 1. The minimum atomic E-state index is -0.576. The minimum absolute atomic E-state index is 0.0875. The van der Waals surface area contributed by atoms with Crippen molar-refractivity contribution in [2.45, 2.75) is 18.9 Å². The van der Waals surface area contributed by atoms with E-state index in [2.05, 4.69) is 5.32 Å². The number of piperidine rings is 1. The van der Waals surface area contributed by atoms with E-state index >= 15 is 0 Å². The number of aliphatic hydroxyl groups is 1. The van der Waals surface area contributed by atoms with Gasteiger partial charge < -0.3 is 15.3 Å². The molecule has 1 saturated heterocycles. The van der Waals surface area contributed by atoms with E-state index in [0.717, 1.165) is 12.5 Å². The van der Waals surface area contributed by atoms with E-state index < -0.39 is 18.0 Å². The molecule has 2 N–H and O–H groups in total. The molecule has 1 aliphatic heterocycles. The lowest BCUT2D eigenvalue weighted by Crippen LogP contribution is -2.44. The van der Waals surface area contributed by atoms with Crippen LogP contribution in [0.2, 0.25) is 5.02 Å². The summed E-state index contributed by atoms with van der Waals surface area (Å²) < 4.78 is 13.5. The van der Waals surface area contributed by atoms with Crippen LogP contribution in [0.5, 0.6) is 0 Å². The van der Waals surface area contributed by atoms with Gasteiger partial charge in [-0.3, -0.25) is 0 Å². The molecule has 2 rings (SSSR count). The monoisotopic (exact) mass is 272 g/mol. The molecule has 0 aliphatic carbocycles. The molecule has 1 heterocycles. The number of hydrogen-bond donors (Lipinski definition) is 2. The maximum absolute atomic E-state index is 13.5. The quantitative estimate of drug-likeness (QED) is 0.825. The fourth-order valence-electron chi connectivity index (χ4n) is 1.92. The number of carbonyl (C=O) groups excluding carboxylic acids is 1. The van der Waals surface area contributed by atoms with Crippen molar-refractivity contribution >= 4 is 23.3 Å². The number of carbonyl (C=O) groups is 1. The molecule has 1 unspecified atom stereocenters. The first-order valence-corrected chi connectivity index (χ1v) is 6.13. The first-order valence-electron chi connectivity index (χ1n) is 5.75. The van der Waals surface area contributed by atoms with Crippen LogP contribution in [0, 0.1) is 5.82 Å². The zero-order valence-corrected chi connectivity index (χ0v) is 10.5. The lowest BCUT2D eigenvalue weighted by molar-refractivity contribution is 0.0883. The topological polar surface area (TPSA) is 52.6 Å². The van der Waals surface area contributed by atoms with Crippen molar-refractivity contribution in [3.05, 3.63) is 29.0 Å². The Morgan fingerprint density at radius 3 is 3.00 bits per heavy atom. The van der Waals surface area contributed by atoms with Crippen molar-refractivity contribution in [2.75, 3.05) is 18.4 Å². The number of hydrogen-bond acceptors (Lipinski definition) is 2. The molecule has 1 aromatic carbocycles. The van der Waals surface area contributed by atoms with Crippen molar-refractivity contribution in [2.24, 2.45) is 0 Å². The zero-order valence-electron chi connectivity index (χ0n) is 9.70. The van der Waals surface area contributed by atoms with E-state index in [-0.39, 0.29) is 17.3 Å². The number of β-amino-alcohol motifs (C(OH)–C–C–N with tert-alkyl or cyclic N) is 1. The highest BCUT2D eigenvalue weighted by molar-refractivity contribution is 6.30. The molecule has 98 valence electrons. The van der Waals surface area contributed by atoms with Gasteiger partial charge in [-0.15, -0.1) is 0 Å². The minimum Gasteiger partial charge on any atom is -0.391 e. The largest absolute Gasteiger partial charge is 0.391 e. The zero-order chi connectivity index (χ0) is 13.1. The number of nitrogens with one attached hydrogen (secondary N) is 1. The fourth-order valence-corrected chi connectivity index (χ4v) is 2.08. The van der Waals surface area contributed by atoms with E-state index in [9.17, 15) is 14.3 Å². The summed E-state index contributed by atoms with van der Waals surface area (Å²) in [6.07, 6.45) is 0.941. The number of amides is 2. The molecule has 0 radical (unpaired) electrons. The summed E-state index contributed by atoms with van der Waals surface area (Å²) in [5, 5.41) is 12.2. The van der Waals surface area contributed by atoms with E-state index in [1.807, 2.05) is 0 Å². The molecular weight excluding hydrogens is 259 g/mol. The van der Waals surface area contributed by atoms with Crippen LogP contribution in [0.4, 0.5) is 14.9 Å². The Hall–Kier alpha value is -1.33. The summed E-state index contributed by atoms with van der Waals surface area (Å²) >= 11 is 5.63. The molecular formula is C12H14ClFN2O2. The number of aliphatic hydroxyl groups excluding tert-OH is 1. The van der Waals surface area contributed by atoms with Crippen molar-refractivity contribution in [1.29, 1.82) is 0 Å². The summed E-state index contributed by atoms with van der Waals surface area (Å²) in [5.74, 6) is -0.576. The van der Waals surface area contributed by atoms with Gasteiger partial charge in [0.05, 0.1) is 11.8 Å². The molecule has 0 spiro atoms. The van der Waals surface area contributed by atoms with Crippen LogP contribution in [0.25, 0.3) is 0 Å². The predicted octanol–water partition coefficient (Wildman–Crippen LogP) is 2.47. The van der Waals surface area contributed by atoms with Crippen molar-refractivity contribution in [3.63, 3.8) is 0 Å². The van der Waals surface area contributed by atoms with Crippen LogP contribution < -0.4 is 5.32 Å². The Balaban J connectivity index is 2.02. The molecule has 4 nitrogen and oxygen atoms in total. The van der Waals surface area contributed by atoms with Gasteiger partial charge in [-0.1, -0.05) is 11.6 Å². The third kappa shape index (κ3) is 3.11. The molecule has 0 aromatic heterocycles. The molecule has 0 saturated carbocycles. The van der Waals surface area contributed by atoms with Crippen molar-refractivity contribution in [3.8, 4) is 0 Å². The smallest absolute Gasteiger partial charge is 0.322 e. The molecule has 1 fully saturated rings. The van der Waals surface area contributed by atoms with Gasteiger partial charge in [0.25, 0.3) is 0 Å². The van der Waals surface area contributed by atoms with E-state index in [4.69, 9.17) is 11.6 Å². The Kier molecular flexibility index (Phi) is 4.04. The second-order valence-electron chi connectivity index (χ2n) is 4.30. The van der Waals surface area contributed by atoms with E-state index in [0.29, 0.717) is 13.0 Å². The van der Waals surface area contributed by atoms with Gasteiger partial charge in [-0.25, -0.2) is 9.18 Å². The summed E-state index contributed by atoms with van der Waals surface area (Å²) in [4.78, 5) is 13.3. The highest BCUT2D eigenvalue weighted by Gasteiger charge is 2.22. The molecule has 18 heavy (non-hydrogen) atoms. The van der Waals surface area contributed by atoms with Gasteiger partial charge in [0.2, 0.25) is 0 Å². The Morgan fingerprint density at radius 1 is 1.56 bits per heavy atom. The van der Waals surface area contributed by atoms with Gasteiger partial charge in [0.15, 0.2) is 0 Å². The van der Waals surface area contributed by atoms with Gasteiger partial charge in [-0.05, 0) is 31.0 Å². The average Bonchev–Trinajstić information content (AvgIpc) is 2.32. The maximum atomic E-state index is 13.5. The summed E-state index contributed by atoms with van der Waals surface area (Å²) in [5.41, 5.74) is 0.0875. The SMILES string of the molecule is O=C(Nc1ccc(Cl)cc1F)N1CCCC(O)C1. The molecule has 0 bridgehead atoms. The van der Waals surface area contributed by atoms with Crippen molar-refractivity contribution < 1.29 is 14.3 Å². The predicted molar refractivity (Wildman–Crippen MR) is 67.2 cm³/mol. The number of nitrogens with zero attached hydrogens (tertiary/aromatic N) is 1. The second-order valence-corrected chi connectivity index (χ2v) is 4.73. The van der Waals surface area contributed by atoms with Gasteiger partial charge >= 0.3 is 6.03 Å². The molecule has 2 amide bonds. The maximum Gasteiger partial charge on any atom is 0.322 e. The highest BCUT2D eigenvalue weighted by atomic mass is 35.5. The molecule has 1 aromatic rings. The number of rotatable bonds is 1. The highest BCUT2D eigenvalue weighted by Crippen LogP contribution is 2.20. The molecule has 1 aliphatic rings. The van der Waals surface area contributed by atoms with Crippen LogP contribution in [0.15, 0.2) is 18.2 Å². The number of halogens is 2. The van der Waals surface area contributed by atoms with Gasteiger partial charge in [0.1, 0.15) is 5.82 Å². The summed E-state index contributed by atoms with van der Waals surface area (Å²) in [7, 11) is 0. The Morgan fingerprint density at radius 2 is 2.33 bits per heavy atom. The first kappa shape index (κ1) is 13.1. The van der Waals surface area contributed by atoms with Crippen LogP contribution in [0.1, 0.15) is 12.8 Å². The van der Waals surface area contributed by atoms with Crippen LogP contribution in [-0.2, 0) is 0 Å². The third-order valence-electron chi connectivity index (χ3n) is 2.86. The number of anilines is 1. The van der Waals surface area contributed by atoms with Crippen molar-refractivity contribution in [1.82, 2.24) is 4.90 Å². The standard InChI is InChI=1S/C12H14ClFN2O2/c13-8-3-4-11(10(14)6-8)15-12(18)16-5-1-2-9(17)7-16/h3-4,6,9,17H,1-2,5,7H2,(H,15,18). The van der Waals surface area contributed by atoms with E-state index in [1.165, 1.54) is 17.0 Å². The third-order valence-corrected chi connectivity index (χ3v) is 3.09. The molecule has 6 heteroatoms. The average molecular weight is 273 g/mol. The molecule has 1 atom stereocenters. The van der Waals surface area contributed by atoms with E-state index in [1.54, 1.807) is 0 Å². The Labute approximate surface area is 109 Å². The van der Waals surface area contributed by atoms with Crippen LogP contribution >= 0.6 is 11.6 Å². The second kappa shape index (κ2) is 5.54. The number of likely N-dealkylation sites (tertiary alicyclic amines) is 1. The van der Waals surface area contributed by atoms with Gasteiger partial charge in [0, 0.05) is 18.1 Å². The lowest BCUT2D eigenvalue weighted by atomic mass is 10.1.